The second-order valence-electron chi connectivity index (χ2n) is 6.12. The Bertz CT molecular complexity index is 676. The normalized spacial score (nSPS) is 16.4. The van der Waals surface area contributed by atoms with E-state index in [1.54, 1.807) is 0 Å². The molecule has 23 heavy (non-hydrogen) atoms. The van der Waals surface area contributed by atoms with Crippen molar-refractivity contribution in [3.63, 3.8) is 0 Å². The van der Waals surface area contributed by atoms with Crippen LogP contribution in [-0.2, 0) is 6.54 Å². The predicted molar refractivity (Wildman–Crippen MR) is 96.8 cm³/mol. The van der Waals surface area contributed by atoms with Crippen LogP contribution in [0.5, 0.6) is 0 Å². The van der Waals surface area contributed by atoms with Gasteiger partial charge >= 0.3 is 0 Å². The average Bonchev–Trinajstić information content (AvgIpc) is 2.57. The lowest BCUT2D eigenvalue weighted by Gasteiger charge is -2.32. The molecule has 2 aromatic carbocycles. The van der Waals surface area contributed by atoms with Crippen molar-refractivity contribution in [2.24, 2.45) is 0 Å². The number of carbonyl (C=O) groups excluding carboxylic acids is 1. The van der Waals surface area contributed by atoms with Gasteiger partial charge in [0.25, 0.3) is 0 Å². The van der Waals surface area contributed by atoms with Gasteiger partial charge in [-0.1, -0.05) is 34.1 Å². The summed E-state index contributed by atoms with van der Waals surface area (Å²) in [5, 5.41) is 0. The van der Waals surface area contributed by atoms with Gasteiger partial charge in [0, 0.05) is 48.3 Å². The lowest BCUT2D eigenvalue weighted by atomic mass is 10.0. The molecule has 0 aromatic heterocycles. The summed E-state index contributed by atoms with van der Waals surface area (Å²) in [5.74, 6) is 0.0812. The topological polar surface area (TPSA) is 23.6 Å². The summed E-state index contributed by atoms with van der Waals surface area (Å²) in [6, 6.07) is 15.6. The Hall–Kier alpha value is -1.49. The minimum absolute atomic E-state index is 0.0812. The molecule has 0 bridgehead atoms. The van der Waals surface area contributed by atoms with Gasteiger partial charge in [-0.2, -0.15) is 0 Å². The Balaban J connectivity index is 1.72. The fraction of sp³-hybridized carbons (Fsp3) is 0.316. The van der Waals surface area contributed by atoms with Crippen molar-refractivity contribution >= 4 is 21.7 Å². The number of ketones is 1. The zero-order valence-corrected chi connectivity index (χ0v) is 14.9. The van der Waals surface area contributed by atoms with Crippen LogP contribution in [0.25, 0.3) is 0 Å². The molecule has 0 unspecified atom stereocenters. The second kappa shape index (κ2) is 7.39. The zero-order chi connectivity index (χ0) is 16.2. The van der Waals surface area contributed by atoms with E-state index in [4.69, 9.17) is 0 Å². The van der Waals surface area contributed by atoms with E-state index < -0.39 is 0 Å². The number of hydrogen-bond donors (Lipinski definition) is 0. The van der Waals surface area contributed by atoms with Gasteiger partial charge in [-0.25, -0.2) is 0 Å². The Morgan fingerprint density at radius 1 is 1.00 bits per heavy atom. The smallest absolute Gasteiger partial charge is 0.193 e. The summed E-state index contributed by atoms with van der Waals surface area (Å²) >= 11 is 3.40. The van der Waals surface area contributed by atoms with Gasteiger partial charge in [0.1, 0.15) is 0 Å². The third-order valence-electron chi connectivity index (χ3n) is 4.30. The minimum atomic E-state index is 0.0812. The first-order valence-electron chi connectivity index (χ1n) is 7.92. The molecule has 1 saturated heterocycles. The number of carbonyl (C=O) groups is 1. The molecule has 0 atom stereocenters. The molecule has 0 spiro atoms. The van der Waals surface area contributed by atoms with Crippen LogP contribution in [0, 0.1) is 0 Å². The number of halogens is 1. The largest absolute Gasteiger partial charge is 0.304 e. The highest BCUT2D eigenvalue weighted by atomic mass is 79.9. The quantitative estimate of drug-likeness (QED) is 0.768. The van der Waals surface area contributed by atoms with Crippen LogP contribution in [-0.4, -0.2) is 48.8 Å². The summed E-state index contributed by atoms with van der Waals surface area (Å²) in [7, 11) is 2.16. The van der Waals surface area contributed by atoms with Gasteiger partial charge < -0.3 is 4.90 Å². The molecule has 2 aromatic rings. The summed E-state index contributed by atoms with van der Waals surface area (Å²) in [6.45, 7) is 5.30. The first kappa shape index (κ1) is 16.4. The van der Waals surface area contributed by atoms with E-state index in [1.807, 2.05) is 42.5 Å². The van der Waals surface area contributed by atoms with Gasteiger partial charge in [0.2, 0.25) is 0 Å². The highest BCUT2D eigenvalue weighted by molar-refractivity contribution is 9.10. The molecular formula is C19H21BrN2O. The summed E-state index contributed by atoms with van der Waals surface area (Å²) < 4.78 is 0.984. The molecule has 0 saturated carbocycles. The van der Waals surface area contributed by atoms with E-state index in [0.29, 0.717) is 0 Å². The van der Waals surface area contributed by atoms with Gasteiger partial charge in [-0.05, 0) is 42.9 Å². The maximum Gasteiger partial charge on any atom is 0.193 e. The number of nitrogens with zero attached hydrogens (tertiary/aromatic N) is 2. The average molecular weight is 373 g/mol. The van der Waals surface area contributed by atoms with E-state index >= 15 is 0 Å². The Morgan fingerprint density at radius 2 is 1.70 bits per heavy atom. The molecule has 1 aliphatic rings. The maximum atomic E-state index is 12.6. The molecular weight excluding hydrogens is 352 g/mol. The Morgan fingerprint density at radius 3 is 2.39 bits per heavy atom. The van der Waals surface area contributed by atoms with Gasteiger partial charge in [0.15, 0.2) is 5.78 Å². The first-order chi connectivity index (χ1) is 11.1. The molecule has 3 nitrogen and oxygen atoms in total. The number of benzene rings is 2. The second-order valence-corrected chi connectivity index (χ2v) is 7.03. The van der Waals surface area contributed by atoms with Crippen molar-refractivity contribution in [3.05, 3.63) is 69.7 Å². The molecule has 1 fully saturated rings. The van der Waals surface area contributed by atoms with Crippen LogP contribution >= 0.6 is 15.9 Å². The Labute approximate surface area is 146 Å². The molecule has 0 aliphatic carbocycles. The molecule has 1 heterocycles. The molecule has 4 heteroatoms. The molecule has 3 rings (SSSR count). The van der Waals surface area contributed by atoms with E-state index in [1.165, 1.54) is 5.56 Å². The highest BCUT2D eigenvalue weighted by Crippen LogP contribution is 2.16. The summed E-state index contributed by atoms with van der Waals surface area (Å²) in [5.41, 5.74) is 2.70. The molecule has 1 aliphatic heterocycles. The van der Waals surface area contributed by atoms with Crippen LogP contribution in [0.1, 0.15) is 21.5 Å². The van der Waals surface area contributed by atoms with Gasteiger partial charge in [-0.15, -0.1) is 0 Å². The van der Waals surface area contributed by atoms with Crippen molar-refractivity contribution in [2.75, 3.05) is 33.2 Å². The SMILES string of the molecule is CN1CCN(Cc2cccc(C(=O)c3ccc(Br)cc3)c2)CC1. The molecule has 0 N–H and O–H groups in total. The first-order valence-corrected chi connectivity index (χ1v) is 8.71. The third kappa shape index (κ3) is 4.28. The van der Waals surface area contributed by atoms with Gasteiger partial charge in [0.05, 0.1) is 0 Å². The highest BCUT2D eigenvalue weighted by Gasteiger charge is 2.15. The number of hydrogen-bond acceptors (Lipinski definition) is 3. The Kier molecular flexibility index (Phi) is 5.26. The molecule has 120 valence electrons. The number of likely N-dealkylation sites (N-methyl/N-ethyl adjacent to an activating group) is 1. The lowest BCUT2D eigenvalue weighted by Crippen LogP contribution is -2.43. The predicted octanol–water partition coefficient (Wildman–Crippen LogP) is 3.43. The van der Waals surface area contributed by atoms with Crippen LogP contribution < -0.4 is 0 Å². The van der Waals surface area contributed by atoms with Crippen LogP contribution in [0.2, 0.25) is 0 Å². The van der Waals surface area contributed by atoms with Crippen molar-refractivity contribution in [1.29, 1.82) is 0 Å². The molecule has 0 radical (unpaired) electrons. The van der Waals surface area contributed by atoms with Crippen molar-refractivity contribution in [2.45, 2.75) is 6.54 Å². The van der Waals surface area contributed by atoms with Crippen LogP contribution in [0.15, 0.2) is 53.0 Å². The van der Waals surface area contributed by atoms with Crippen LogP contribution in [0.3, 0.4) is 0 Å². The third-order valence-corrected chi connectivity index (χ3v) is 4.83. The standard InChI is InChI=1S/C19H21BrN2O/c1-21-9-11-22(12-10-21)14-15-3-2-4-17(13-15)19(23)16-5-7-18(20)8-6-16/h2-8,13H,9-12,14H2,1H3. The van der Waals surface area contributed by atoms with E-state index in [9.17, 15) is 4.79 Å². The number of rotatable bonds is 4. The zero-order valence-electron chi connectivity index (χ0n) is 13.3. The molecule has 0 amide bonds. The van der Waals surface area contributed by atoms with E-state index in [-0.39, 0.29) is 5.78 Å². The summed E-state index contributed by atoms with van der Waals surface area (Å²) in [6.07, 6.45) is 0. The summed E-state index contributed by atoms with van der Waals surface area (Å²) in [4.78, 5) is 17.4. The van der Waals surface area contributed by atoms with E-state index in [0.717, 1.165) is 48.3 Å². The van der Waals surface area contributed by atoms with Crippen molar-refractivity contribution < 1.29 is 4.79 Å². The van der Waals surface area contributed by atoms with Gasteiger partial charge in [-0.3, -0.25) is 9.69 Å². The monoisotopic (exact) mass is 372 g/mol. The minimum Gasteiger partial charge on any atom is -0.304 e. The fourth-order valence-corrected chi connectivity index (χ4v) is 3.11. The van der Waals surface area contributed by atoms with Crippen molar-refractivity contribution in [1.82, 2.24) is 9.80 Å². The number of piperazine rings is 1. The lowest BCUT2D eigenvalue weighted by molar-refractivity contribution is 0.103. The van der Waals surface area contributed by atoms with Crippen molar-refractivity contribution in [3.8, 4) is 0 Å². The van der Waals surface area contributed by atoms with E-state index in [2.05, 4.69) is 38.8 Å². The maximum absolute atomic E-state index is 12.6. The fourth-order valence-electron chi connectivity index (χ4n) is 2.84. The van der Waals surface area contributed by atoms with Crippen LogP contribution in [0.4, 0.5) is 0 Å².